The molecule has 1 saturated heterocycles. The van der Waals surface area contributed by atoms with Gasteiger partial charge in [-0.15, -0.1) is 0 Å². The van der Waals surface area contributed by atoms with Gasteiger partial charge in [0.25, 0.3) is 5.91 Å². The molecule has 0 aliphatic carbocycles. The summed E-state index contributed by atoms with van der Waals surface area (Å²) < 4.78 is 10.5. The molecule has 2 amide bonds. The SMILES string of the molecule is CCOC(=O)C1=NN(c2ccccc2OC)[C@H]2C(=O)N(c3cccc(Cl)c3C)C(=O)[C@@H]12. The van der Waals surface area contributed by atoms with E-state index in [4.69, 9.17) is 21.1 Å². The van der Waals surface area contributed by atoms with Gasteiger partial charge < -0.3 is 9.47 Å². The van der Waals surface area contributed by atoms with E-state index in [-0.39, 0.29) is 12.3 Å². The van der Waals surface area contributed by atoms with Crippen molar-refractivity contribution >= 4 is 46.5 Å². The number of methoxy groups -OCH3 is 1. The predicted molar refractivity (Wildman–Crippen MR) is 116 cm³/mol. The van der Waals surface area contributed by atoms with Crippen LogP contribution in [0.25, 0.3) is 0 Å². The maximum atomic E-state index is 13.5. The van der Waals surface area contributed by atoms with E-state index in [1.165, 1.54) is 12.1 Å². The average molecular weight is 442 g/mol. The van der Waals surface area contributed by atoms with Crippen molar-refractivity contribution in [1.29, 1.82) is 0 Å². The first kappa shape index (κ1) is 20.9. The van der Waals surface area contributed by atoms with Gasteiger partial charge in [0.15, 0.2) is 5.71 Å². The third-order valence-electron chi connectivity index (χ3n) is 5.35. The Bertz CT molecular complexity index is 1120. The van der Waals surface area contributed by atoms with E-state index in [9.17, 15) is 14.4 Å². The Morgan fingerprint density at radius 3 is 2.52 bits per heavy atom. The summed E-state index contributed by atoms with van der Waals surface area (Å²) in [5.74, 6) is -2.44. The molecule has 0 radical (unpaired) electrons. The second-order valence-corrected chi connectivity index (χ2v) is 7.45. The summed E-state index contributed by atoms with van der Waals surface area (Å²) in [6, 6.07) is 10.9. The molecule has 2 atom stereocenters. The first-order valence-electron chi connectivity index (χ1n) is 9.71. The van der Waals surface area contributed by atoms with Crippen molar-refractivity contribution in [2.45, 2.75) is 19.9 Å². The fraction of sp³-hybridized carbons (Fsp3) is 0.273. The number of benzene rings is 2. The summed E-state index contributed by atoms with van der Waals surface area (Å²) in [5, 5.41) is 6.14. The highest BCUT2D eigenvalue weighted by molar-refractivity contribution is 6.47. The number of amides is 2. The highest BCUT2D eigenvalue weighted by Gasteiger charge is 2.59. The van der Waals surface area contributed by atoms with Crippen molar-refractivity contribution in [3.8, 4) is 5.75 Å². The van der Waals surface area contributed by atoms with Crippen molar-refractivity contribution in [3.63, 3.8) is 0 Å². The van der Waals surface area contributed by atoms with E-state index in [0.29, 0.717) is 27.7 Å². The number of ether oxygens (including phenoxy) is 2. The number of carbonyl (C=O) groups excluding carboxylic acids is 3. The summed E-state index contributed by atoms with van der Waals surface area (Å²) >= 11 is 6.22. The van der Waals surface area contributed by atoms with Gasteiger partial charge in [0.05, 0.1) is 19.4 Å². The number of anilines is 2. The van der Waals surface area contributed by atoms with E-state index in [0.717, 1.165) is 4.90 Å². The minimum atomic E-state index is -1.10. The number of fused-ring (bicyclic) bond motifs is 1. The Morgan fingerprint density at radius 1 is 1.10 bits per heavy atom. The smallest absolute Gasteiger partial charge is 0.355 e. The molecule has 160 valence electrons. The molecule has 31 heavy (non-hydrogen) atoms. The van der Waals surface area contributed by atoms with Crippen molar-refractivity contribution in [3.05, 3.63) is 53.1 Å². The molecule has 2 aromatic carbocycles. The summed E-state index contributed by atoms with van der Waals surface area (Å²) in [6.45, 7) is 3.50. The minimum absolute atomic E-state index is 0.113. The van der Waals surface area contributed by atoms with Crippen molar-refractivity contribution in [1.82, 2.24) is 0 Å². The zero-order chi connectivity index (χ0) is 22.3. The zero-order valence-electron chi connectivity index (χ0n) is 17.2. The molecule has 0 saturated carbocycles. The van der Waals surface area contributed by atoms with Crippen LogP contribution in [-0.4, -0.2) is 43.3 Å². The molecule has 2 heterocycles. The molecule has 2 aromatic rings. The summed E-state index contributed by atoms with van der Waals surface area (Å²) in [4.78, 5) is 40.7. The Labute approximate surface area is 184 Å². The van der Waals surface area contributed by atoms with Gasteiger partial charge in [-0.2, -0.15) is 5.10 Å². The van der Waals surface area contributed by atoms with Crippen molar-refractivity contribution < 1.29 is 23.9 Å². The van der Waals surface area contributed by atoms with E-state index in [1.54, 1.807) is 56.3 Å². The number of nitrogens with zero attached hydrogens (tertiary/aromatic N) is 3. The molecule has 0 spiro atoms. The number of carbonyl (C=O) groups is 3. The molecular weight excluding hydrogens is 422 g/mol. The highest BCUT2D eigenvalue weighted by atomic mass is 35.5. The Morgan fingerprint density at radius 2 is 1.81 bits per heavy atom. The third kappa shape index (κ3) is 3.23. The summed E-state index contributed by atoms with van der Waals surface area (Å²) in [7, 11) is 1.49. The predicted octanol–water partition coefficient (Wildman–Crippen LogP) is 2.95. The average Bonchev–Trinajstić information content (AvgIpc) is 3.27. The maximum absolute atomic E-state index is 13.5. The first-order chi connectivity index (χ1) is 14.9. The molecule has 1 fully saturated rings. The van der Waals surface area contributed by atoms with Gasteiger partial charge in [-0.1, -0.05) is 29.8 Å². The van der Waals surface area contributed by atoms with Gasteiger partial charge in [-0.25, -0.2) is 14.7 Å². The van der Waals surface area contributed by atoms with Crippen LogP contribution >= 0.6 is 11.6 Å². The summed E-state index contributed by atoms with van der Waals surface area (Å²) in [6.07, 6.45) is 0. The van der Waals surface area contributed by atoms with Crippen molar-refractivity contribution in [2.24, 2.45) is 11.0 Å². The van der Waals surface area contributed by atoms with E-state index >= 15 is 0 Å². The Hall–Kier alpha value is -3.39. The van der Waals surface area contributed by atoms with Gasteiger partial charge >= 0.3 is 5.97 Å². The van der Waals surface area contributed by atoms with Gasteiger partial charge in [0.1, 0.15) is 23.4 Å². The fourth-order valence-corrected chi connectivity index (χ4v) is 4.05. The lowest BCUT2D eigenvalue weighted by molar-refractivity contribution is -0.136. The number of halogens is 1. The van der Waals surface area contributed by atoms with Crippen LogP contribution in [0.3, 0.4) is 0 Å². The Kier molecular flexibility index (Phi) is 5.41. The highest BCUT2D eigenvalue weighted by Crippen LogP contribution is 2.42. The van der Waals surface area contributed by atoms with Crippen LogP contribution in [0.5, 0.6) is 5.75 Å². The quantitative estimate of drug-likeness (QED) is 0.523. The van der Waals surface area contributed by atoms with Gasteiger partial charge in [-0.3, -0.25) is 9.59 Å². The monoisotopic (exact) mass is 441 g/mol. The first-order valence-corrected chi connectivity index (χ1v) is 10.1. The third-order valence-corrected chi connectivity index (χ3v) is 5.76. The minimum Gasteiger partial charge on any atom is -0.495 e. The molecule has 0 aromatic heterocycles. The summed E-state index contributed by atoms with van der Waals surface area (Å²) in [5.41, 5.74) is 1.31. The number of rotatable bonds is 5. The van der Waals surface area contributed by atoms with Crippen LogP contribution in [0.4, 0.5) is 11.4 Å². The molecule has 2 aliphatic rings. The molecule has 2 aliphatic heterocycles. The molecule has 9 heteroatoms. The zero-order valence-corrected chi connectivity index (χ0v) is 17.9. The Balaban J connectivity index is 1.85. The number of hydrogen-bond acceptors (Lipinski definition) is 7. The number of para-hydroxylation sites is 2. The molecule has 0 unspecified atom stereocenters. The lowest BCUT2D eigenvalue weighted by Gasteiger charge is -2.24. The second-order valence-electron chi connectivity index (χ2n) is 7.04. The van der Waals surface area contributed by atoms with Gasteiger partial charge in [-0.05, 0) is 43.7 Å². The maximum Gasteiger partial charge on any atom is 0.355 e. The topological polar surface area (TPSA) is 88.5 Å². The van der Waals surface area contributed by atoms with Crippen LogP contribution in [0.2, 0.25) is 5.02 Å². The van der Waals surface area contributed by atoms with E-state index in [2.05, 4.69) is 5.10 Å². The van der Waals surface area contributed by atoms with Gasteiger partial charge in [0, 0.05) is 5.02 Å². The molecular formula is C22H20ClN3O5. The lowest BCUT2D eigenvalue weighted by Crippen LogP contribution is -2.39. The molecule has 0 N–H and O–H groups in total. The lowest BCUT2D eigenvalue weighted by atomic mass is 9.97. The van der Waals surface area contributed by atoms with Crippen molar-refractivity contribution in [2.75, 3.05) is 23.6 Å². The van der Waals surface area contributed by atoms with E-state index in [1.807, 2.05) is 0 Å². The number of esters is 1. The number of imide groups is 1. The molecule has 8 nitrogen and oxygen atoms in total. The number of hydrazone groups is 1. The van der Waals surface area contributed by atoms with Gasteiger partial charge in [0.2, 0.25) is 5.91 Å². The van der Waals surface area contributed by atoms with Crippen LogP contribution in [-0.2, 0) is 19.1 Å². The normalized spacial score (nSPS) is 20.1. The largest absolute Gasteiger partial charge is 0.495 e. The standard InChI is InChI=1S/C22H20ClN3O5/c1-4-31-22(29)18-17-19(26(24-18)15-9-5-6-11-16(15)30-3)21(28)25(20(17)27)14-10-7-8-13(23)12(14)2/h5-11,17,19H,4H2,1-3H3/t17-,19+/m0/s1. The van der Waals surface area contributed by atoms with E-state index < -0.39 is 29.7 Å². The van der Waals surface area contributed by atoms with Crippen LogP contribution < -0.4 is 14.6 Å². The number of hydrogen-bond donors (Lipinski definition) is 0. The van der Waals surface area contributed by atoms with Crippen LogP contribution in [0.1, 0.15) is 12.5 Å². The van der Waals surface area contributed by atoms with Crippen LogP contribution in [0.15, 0.2) is 47.6 Å². The fourth-order valence-electron chi connectivity index (χ4n) is 3.88. The molecule has 0 bridgehead atoms. The second kappa shape index (κ2) is 8.03. The molecule has 4 rings (SSSR count). The van der Waals surface area contributed by atoms with Crippen LogP contribution in [0, 0.1) is 12.8 Å².